The molecular formula is C24H34N4O3. The van der Waals surface area contributed by atoms with Crippen molar-refractivity contribution < 1.29 is 14.3 Å². The van der Waals surface area contributed by atoms with E-state index in [1.54, 1.807) is 6.92 Å². The molecule has 0 spiro atoms. The Kier molecular flexibility index (Phi) is 6.74. The molecule has 1 aromatic heterocycles. The second kappa shape index (κ2) is 9.51. The molecule has 1 aromatic carbocycles. The molecule has 1 saturated heterocycles. The van der Waals surface area contributed by atoms with Crippen molar-refractivity contribution in [2.45, 2.75) is 50.2 Å². The van der Waals surface area contributed by atoms with Crippen LogP contribution in [0.5, 0.6) is 0 Å². The predicted molar refractivity (Wildman–Crippen MR) is 119 cm³/mol. The minimum Gasteiger partial charge on any atom is -0.448 e. The Balaban J connectivity index is 1.52. The van der Waals surface area contributed by atoms with Gasteiger partial charge in [-0.1, -0.05) is 30.3 Å². The lowest BCUT2D eigenvalue weighted by Gasteiger charge is -2.39. The van der Waals surface area contributed by atoms with Crippen LogP contribution in [0.4, 0.5) is 0 Å². The number of aliphatic hydroxyl groups excluding tert-OH is 1. The SMILES string of the molecule is Cc1ocnc1C(=O)NC[C@@]1(c2ccccc2)CC[C@H](O)[C@@H](N2CCN(C)CC2)CC1. The summed E-state index contributed by atoms with van der Waals surface area (Å²) in [6.45, 7) is 6.35. The molecular weight excluding hydrogens is 392 g/mol. The number of likely N-dealkylation sites (N-methyl/N-ethyl adjacent to an activating group) is 1. The summed E-state index contributed by atoms with van der Waals surface area (Å²) < 4.78 is 5.20. The average Bonchev–Trinajstić information content (AvgIpc) is 3.15. The predicted octanol–water partition coefficient (Wildman–Crippen LogP) is 2.20. The van der Waals surface area contributed by atoms with Gasteiger partial charge >= 0.3 is 0 Å². The van der Waals surface area contributed by atoms with Gasteiger partial charge in [0, 0.05) is 44.2 Å². The summed E-state index contributed by atoms with van der Waals surface area (Å²) >= 11 is 0. The minimum absolute atomic E-state index is 0.174. The number of aliphatic hydroxyl groups is 1. The Morgan fingerprint density at radius 3 is 2.58 bits per heavy atom. The number of benzene rings is 1. The Labute approximate surface area is 184 Å². The highest BCUT2D eigenvalue weighted by atomic mass is 16.3. The molecule has 7 heteroatoms. The molecule has 1 aliphatic carbocycles. The number of hydrogen-bond donors (Lipinski definition) is 2. The highest BCUT2D eigenvalue weighted by Crippen LogP contribution is 2.39. The Morgan fingerprint density at radius 2 is 1.90 bits per heavy atom. The molecule has 2 heterocycles. The smallest absolute Gasteiger partial charge is 0.273 e. The van der Waals surface area contributed by atoms with Gasteiger partial charge in [-0.3, -0.25) is 9.69 Å². The van der Waals surface area contributed by atoms with Gasteiger partial charge in [-0.2, -0.15) is 0 Å². The molecule has 1 amide bonds. The first-order valence-electron chi connectivity index (χ1n) is 11.3. The fraction of sp³-hybridized carbons (Fsp3) is 0.583. The second-order valence-electron chi connectivity index (χ2n) is 9.14. The van der Waals surface area contributed by atoms with E-state index in [0.717, 1.165) is 51.9 Å². The molecule has 2 N–H and O–H groups in total. The van der Waals surface area contributed by atoms with Gasteiger partial charge in [-0.05, 0) is 45.2 Å². The number of amides is 1. The Morgan fingerprint density at radius 1 is 1.19 bits per heavy atom. The third-order valence-electron chi connectivity index (χ3n) is 7.22. The lowest BCUT2D eigenvalue weighted by Crippen LogP contribution is -2.52. The summed E-state index contributed by atoms with van der Waals surface area (Å²) in [7, 11) is 2.15. The van der Waals surface area contributed by atoms with E-state index in [0.29, 0.717) is 18.0 Å². The highest BCUT2D eigenvalue weighted by Gasteiger charge is 2.40. The van der Waals surface area contributed by atoms with E-state index in [2.05, 4.69) is 51.4 Å². The number of nitrogens with one attached hydrogen (secondary N) is 1. The van der Waals surface area contributed by atoms with Crippen LogP contribution in [0.1, 0.15) is 47.5 Å². The fourth-order valence-electron chi connectivity index (χ4n) is 5.15. The van der Waals surface area contributed by atoms with Gasteiger partial charge in [0.2, 0.25) is 0 Å². The molecule has 2 aromatic rings. The van der Waals surface area contributed by atoms with Crippen LogP contribution < -0.4 is 5.32 Å². The molecule has 4 rings (SSSR count). The zero-order valence-corrected chi connectivity index (χ0v) is 18.6. The summed E-state index contributed by atoms with van der Waals surface area (Å²) in [6, 6.07) is 10.6. The highest BCUT2D eigenvalue weighted by molar-refractivity contribution is 5.93. The number of oxazole rings is 1. The topological polar surface area (TPSA) is 81.8 Å². The number of aromatic nitrogens is 1. The van der Waals surface area contributed by atoms with Gasteiger partial charge in [0.25, 0.3) is 5.91 Å². The van der Waals surface area contributed by atoms with Crippen molar-refractivity contribution in [3.8, 4) is 0 Å². The van der Waals surface area contributed by atoms with E-state index >= 15 is 0 Å². The summed E-state index contributed by atoms with van der Waals surface area (Å²) in [5.74, 6) is 0.319. The number of carbonyl (C=O) groups is 1. The largest absolute Gasteiger partial charge is 0.448 e. The fourth-order valence-corrected chi connectivity index (χ4v) is 5.15. The average molecular weight is 427 g/mol. The van der Waals surface area contributed by atoms with Gasteiger partial charge in [-0.15, -0.1) is 0 Å². The standard InChI is InChI=1S/C24H34N4O3/c1-18-22(26-17-31-18)23(30)25-16-24(19-6-4-3-5-7-19)10-8-20(21(29)9-11-24)28-14-12-27(2)13-15-28/h3-7,17,20-21,29H,8-16H2,1-2H3,(H,25,30)/t20-,21-,24-/m0/s1. The molecule has 2 fully saturated rings. The van der Waals surface area contributed by atoms with E-state index in [4.69, 9.17) is 4.42 Å². The van der Waals surface area contributed by atoms with Gasteiger partial charge in [-0.25, -0.2) is 4.98 Å². The summed E-state index contributed by atoms with van der Waals surface area (Å²) in [5.41, 5.74) is 1.35. The molecule has 168 valence electrons. The van der Waals surface area contributed by atoms with Crippen LogP contribution in [0, 0.1) is 6.92 Å². The van der Waals surface area contributed by atoms with Crippen LogP contribution in [-0.2, 0) is 5.41 Å². The molecule has 1 saturated carbocycles. The van der Waals surface area contributed by atoms with Crippen LogP contribution in [0.3, 0.4) is 0 Å². The maximum atomic E-state index is 12.7. The van der Waals surface area contributed by atoms with Crippen LogP contribution in [0.25, 0.3) is 0 Å². The number of carbonyl (C=O) groups excluding carboxylic acids is 1. The molecule has 7 nitrogen and oxygen atoms in total. The third kappa shape index (κ3) is 4.84. The van der Waals surface area contributed by atoms with Gasteiger partial charge in [0.15, 0.2) is 12.1 Å². The summed E-state index contributed by atoms with van der Waals surface area (Å²) in [4.78, 5) is 21.6. The lowest BCUT2D eigenvalue weighted by molar-refractivity contribution is 0.0200. The number of nitrogens with zero attached hydrogens (tertiary/aromatic N) is 3. The van der Waals surface area contributed by atoms with Gasteiger partial charge < -0.3 is 19.7 Å². The molecule has 2 aliphatic rings. The molecule has 0 unspecified atom stereocenters. The summed E-state index contributed by atoms with van der Waals surface area (Å²) in [6.07, 6.45) is 4.36. The van der Waals surface area contributed by atoms with Crippen molar-refractivity contribution in [3.05, 3.63) is 53.7 Å². The zero-order valence-electron chi connectivity index (χ0n) is 18.6. The van der Waals surface area contributed by atoms with Crippen molar-refractivity contribution >= 4 is 5.91 Å². The normalized spacial score (nSPS) is 28.2. The first kappa shape index (κ1) is 22.0. The molecule has 1 aliphatic heterocycles. The van der Waals surface area contributed by atoms with Crippen molar-refractivity contribution in [2.24, 2.45) is 0 Å². The maximum Gasteiger partial charge on any atom is 0.273 e. The van der Waals surface area contributed by atoms with E-state index in [-0.39, 0.29) is 23.5 Å². The van der Waals surface area contributed by atoms with Crippen LogP contribution >= 0.6 is 0 Å². The van der Waals surface area contributed by atoms with Crippen LogP contribution in [-0.4, -0.2) is 77.7 Å². The molecule has 31 heavy (non-hydrogen) atoms. The zero-order chi connectivity index (χ0) is 21.8. The van der Waals surface area contributed by atoms with E-state index in [1.807, 2.05) is 6.07 Å². The monoisotopic (exact) mass is 426 g/mol. The number of piperazine rings is 1. The third-order valence-corrected chi connectivity index (χ3v) is 7.22. The van der Waals surface area contributed by atoms with Crippen LogP contribution in [0.15, 0.2) is 41.1 Å². The second-order valence-corrected chi connectivity index (χ2v) is 9.14. The number of hydrogen-bond acceptors (Lipinski definition) is 6. The quantitative estimate of drug-likeness (QED) is 0.714. The molecule has 0 radical (unpaired) electrons. The van der Waals surface area contributed by atoms with Crippen molar-refractivity contribution in [1.29, 1.82) is 0 Å². The van der Waals surface area contributed by atoms with Crippen molar-refractivity contribution in [3.63, 3.8) is 0 Å². The van der Waals surface area contributed by atoms with E-state index in [1.165, 1.54) is 12.0 Å². The van der Waals surface area contributed by atoms with Gasteiger partial charge in [0.1, 0.15) is 5.76 Å². The Hall–Kier alpha value is -2.22. The van der Waals surface area contributed by atoms with Crippen molar-refractivity contribution in [2.75, 3.05) is 39.8 Å². The lowest BCUT2D eigenvalue weighted by atomic mass is 9.74. The van der Waals surface area contributed by atoms with Gasteiger partial charge in [0.05, 0.1) is 6.10 Å². The summed E-state index contributed by atoms with van der Waals surface area (Å²) in [5, 5.41) is 14.2. The first-order chi connectivity index (χ1) is 15.0. The maximum absolute atomic E-state index is 12.7. The Bertz CT molecular complexity index is 863. The van der Waals surface area contributed by atoms with Crippen LogP contribution in [0.2, 0.25) is 0 Å². The first-order valence-corrected chi connectivity index (χ1v) is 11.3. The number of rotatable bonds is 5. The molecule has 3 atom stereocenters. The van der Waals surface area contributed by atoms with Crippen molar-refractivity contribution in [1.82, 2.24) is 20.1 Å². The minimum atomic E-state index is -0.345. The number of aryl methyl sites for hydroxylation is 1. The molecule has 0 bridgehead atoms. The van der Waals surface area contributed by atoms with E-state index in [9.17, 15) is 9.90 Å². The van der Waals surface area contributed by atoms with E-state index < -0.39 is 0 Å².